The third-order valence-corrected chi connectivity index (χ3v) is 3.98. The fourth-order valence-corrected chi connectivity index (χ4v) is 2.94. The number of carbonyl (C=O) groups is 1. The van der Waals surface area contributed by atoms with Crippen molar-refractivity contribution in [3.05, 3.63) is 44.8 Å². The van der Waals surface area contributed by atoms with Gasteiger partial charge in [-0.15, -0.1) is 11.3 Å². The van der Waals surface area contributed by atoms with Crippen molar-refractivity contribution >= 4 is 40.4 Å². The first-order chi connectivity index (χ1) is 10.0. The van der Waals surface area contributed by atoms with Gasteiger partial charge in [0.05, 0.1) is 10.5 Å². The van der Waals surface area contributed by atoms with E-state index in [2.05, 4.69) is 10.3 Å². The van der Waals surface area contributed by atoms with Crippen molar-refractivity contribution in [3.63, 3.8) is 0 Å². The van der Waals surface area contributed by atoms with E-state index in [0.717, 1.165) is 11.3 Å². The molecule has 0 radical (unpaired) electrons. The number of nitrogens with one attached hydrogen (secondary N) is 1. The van der Waals surface area contributed by atoms with Gasteiger partial charge in [-0.05, 0) is 25.1 Å². The number of carbonyl (C=O) groups excluding carboxylic acids is 1. The van der Waals surface area contributed by atoms with Crippen molar-refractivity contribution < 1.29 is 9.53 Å². The summed E-state index contributed by atoms with van der Waals surface area (Å²) in [6.07, 6.45) is 2.55. The maximum absolute atomic E-state index is 11.8. The molecule has 0 bridgehead atoms. The quantitative estimate of drug-likeness (QED) is 0.871. The summed E-state index contributed by atoms with van der Waals surface area (Å²) >= 11 is 13.3. The number of rotatable bonds is 6. The molecule has 7 heteroatoms. The standard InChI is InChI=1S/C14H14Cl2N2O2S/c1-9(4-11-6-17-8-21-11)18-14(19)7-20-13-3-2-10(15)5-12(13)16/h2-3,5-6,8-9H,4,7H2,1H3,(H,18,19). The Morgan fingerprint density at radius 1 is 1.48 bits per heavy atom. The van der Waals surface area contributed by atoms with Crippen LogP contribution in [0.2, 0.25) is 10.0 Å². The van der Waals surface area contributed by atoms with Gasteiger partial charge in [0, 0.05) is 28.6 Å². The lowest BCUT2D eigenvalue weighted by atomic mass is 10.2. The summed E-state index contributed by atoms with van der Waals surface area (Å²) in [5.41, 5.74) is 1.77. The summed E-state index contributed by atoms with van der Waals surface area (Å²) in [5.74, 6) is 0.240. The van der Waals surface area contributed by atoms with Crippen LogP contribution in [0.15, 0.2) is 29.9 Å². The second kappa shape index (κ2) is 7.64. The van der Waals surface area contributed by atoms with E-state index >= 15 is 0 Å². The fourth-order valence-electron chi connectivity index (χ4n) is 1.75. The van der Waals surface area contributed by atoms with Gasteiger partial charge in [0.25, 0.3) is 5.91 Å². The van der Waals surface area contributed by atoms with E-state index in [0.29, 0.717) is 15.8 Å². The first kappa shape index (κ1) is 16.1. The summed E-state index contributed by atoms with van der Waals surface area (Å²) in [7, 11) is 0. The summed E-state index contributed by atoms with van der Waals surface area (Å²) in [6, 6.07) is 4.89. The van der Waals surface area contributed by atoms with E-state index in [1.807, 2.05) is 6.92 Å². The minimum absolute atomic E-state index is 0.0160. The molecule has 2 rings (SSSR count). The first-order valence-electron chi connectivity index (χ1n) is 6.29. The van der Waals surface area contributed by atoms with Crippen LogP contribution in [0.25, 0.3) is 0 Å². The van der Waals surface area contributed by atoms with Crippen LogP contribution >= 0.6 is 34.5 Å². The number of ether oxygens (including phenoxy) is 1. The number of hydrogen-bond acceptors (Lipinski definition) is 4. The molecule has 1 atom stereocenters. The molecule has 1 amide bonds. The van der Waals surface area contributed by atoms with E-state index in [9.17, 15) is 4.79 Å². The number of benzene rings is 1. The topological polar surface area (TPSA) is 51.2 Å². The summed E-state index contributed by atoms with van der Waals surface area (Å²) in [5, 5.41) is 3.77. The summed E-state index contributed by atoms with van der Waals surface area (Å²) < 4.78 is 5.38. The van der Waals surface area contributed by atoms with Crippen LogP contribution < -0.4 is 10.1 Å². The molecule has 0 saturated heterocycles. The highest BCUT2D eigenvalue weighted by molar-refractivity contribution is 7.09. The predicted molar refractivity (Wildman–Crippen MR) is 85.4 cm³/mol. The Labute approximate surface area is 137 Å². The van der Waals surface area contributed by atoms with Crippen LogP contribution in [0.1, 0.15) is 11.8 Å². The zero-order valence-corrected chi connectivity index (χ0v) is 13.6. The molecular formula is C14H14Cl2N2O2S. The van der Waals surface area contributed by atoms with Gasteiger partial charge in [0.1, 0.15) is 5.75 Å². The van der Waals surface area contributed by atoms with Crippen LogP contribution in [0.4, 0.5) is 0 Å². The van der Waals surface area contributed by atoms with Crippen LogP contribution in [-0.2, 0) is 11.2 Å². The largest absolute Gasteiger partial charge is 0.482 e. The van der Waals surface area contributed by atoms with E-state index in [4.69, 9.17) is 27.9 Å². The van der Waals surface area contributed by atoms with E-state index in [1.54, 1.807) is 41.2 Å². The van der Waals surface area contributed by atoms with Crippen LogP contribution in [0, 0.1) is 0 Å². The highest BCUT2D eigenvalue weighted by Gasteiger charge is 2.11. The fraction of sp³-hybridized carbons (Fsp3) is 0.286. The van der Waals surface area contributed by atoms with E-state index in [1.165, 1.54) is 0 Å². The third-order valence-electron chi connectivity index (χ3n) is 2.65. The molecule has 0 aliphatic carbocycles. The lowest BCUT2D eigenvalue weighted by Crippen LogP contribution is -2.37. The molecule has 4 nitrogen and oxygen atoms in total. The molecule has 0 aliphatic heterocycles. The molecule has 1 N–H and O–H groups in total. The van der Waals surface area contributed by atoms with E-state index < -0.39 is 0 Å². The van der Waals surface area contributed by atoms with Gasteiger partial charge in [0.2, 0.25) is 0 Å². The lowest BCUT2D eigenvalue weighted by molar-refractivity contribution is -0.123. The third kappa shape index (κ3) is 5.19. The molecule has 0 spiro atoms. The summed E-state index contributed by atoms with van der Waals surface area (Å²) in [4.78, 5) is 16.9. The number of thiazole rings is 1. The Morgan fingerprint density at radius 2 is 2.29 bits per heavy atom. The monoisotopic (exact) mass is 344 g/mol. The highest BCUT2D eigenvalue weighted by atomic mass is 35.5. The molecule has 1 unspecified atom stereocenters. The van der Waals surface area contributed by atoms with Crippen molar-refractivity contribution in [1.29, 1.82) is 0 Å². The zero-order valence-electron chi connectivity index (χ0n) is 11.3. The van der Waals surface area contributed by atoms with Gasteiger partial charge in [-0.1, -0.05) is 23.2 Å². The van der Waals surface area contributed by atoms with Gasteiger partial charge in [0.15, 0.2) is 6.61 Å². The minimum atomic E-state index is -0.196. The second-order valence-electron chi connectivity index (χ2n) is 4.50. The van der Waals surface area contributed by atoms with Gasteiger partial charge < -0.3 is 10.1 Å². The molecule has 0 aliphatic rings. The maximum Gasteiger partial charge on any atom is 0.258 e. The van der Waals surface area contributed by atoms with Crippen LogP contribution in [0.5, 0.6) is 5.75 Å². The Kier molecular flexibility index (Phi) is 5.85. The molecule has 1 aromatic heterocycles. The van der Waals surface area contributed by atoms with Crippen molar-refractivity contribution in [3.8, 4) is 5.75 Å². The smallest absolute Gasteiger partial charge is 0.258 e. The van der Waals surface area contributed by atoms with Crippen molar-refractivity contribution in [2.75, 3.05) is 6.61 Å². The number of halogens is 2. The normalized spacial score (nSPS) is 12.0. The molecule has 1 heterocycles. The average Bonchev–Trinajstić information content (AvgIpc) is 2.90. The zero-order chi connectivity index (χ0) is 15.2. The number of amides is 1. The number of aromatic nitrogens is 1. The van der Waals surface area contributed by atoms with Crippen LogP contribution in [-0.4, -0.2) is 23.5 Å². The van der Waals surface area contributed by atoms with Gasteiger partial charge in [-0.25, -0.2) is 0 Å². The number of nitrogens with zero attached hydrogens (tertiary/aromatic N) is 1. The van der Waals surface area contributed by atoms with Gasteiger partial charge in [-0.3, -0.25) is 9.78 Å². The molecule has 21 heavy (non-hydrogen) atoms. The Morgan fingerprint density at radius 3 is 2.95 bits per heavy atom. The van der Waals surface area contributed by atoms with Crippen molar-refractivity contribution in [2.45, 2.75) is 19.4 Å². The summed E-state index contributed by atoms with van der Waals surface area (Å²) in [6.45, 7) is 1.85. The maximum atomic E-state index is 11.8. The Hall–Kier alpha value is -1.30. The van der Waals surface area contributed by atoms with Crippen molar-refractivity contribution in [1.82, 2.24) is 10.3 Å². The number of hydrogen-bond donors (Lipinski definition) is 1. The molecule has 1 aromatic carbocycles. The Balaban J connectivity index is 1.79. The van der Waals surface area contributed by atoms with Crippen molar-refractivity contribution in [2.24, 2.45) is 0 Å². The van der Waals surface area contributed by atoms with Gasteiger partial charge in [-0.2, -0.15) is 0 Å². The van der Waals surface area contributed by atoms with E-state index in [-0.39, 0.29) is 18.6 Å². The molecular weight excluding hydrogens is 331 g/mol. The predicted octanol–water partition coefficient (Wildman–Crippen LogP) is 3.58. The minimum Gasteiger partial charge on any atom is -0.482 e. The molecule has 2 aromatic rings. The highest BCUT2D eigenvalue weighted by Crippen LogP contribution is 2.27. The first-order valence-corrected chi connectivity index (χ1v) is 7.92. The SMILES string of the molecule is CC(Cc1cncs1)NC(=O)COc1ccc(Cl)cc1Cl. The molecule has 0 saturated carbocycles. The van der Waals surface area contributed by atoms with Crippen LogP contribution in [0.3, 0.4) is 0 Å². The average molecular weight is 345 g/mol. The molecule has 112 valence electrons. The lowest BCUT2D eigenvalue weighted by Gasteiger charge is -2.13. The second-order valence-corrected chi connectivity index (χ2v) is 6.32. The Bertz CT molecular complexity index is 605. The van der Waals surface area contributed by atoms with Gasteiger partial charge >= 0.3 is 0 Å². The molecule has 0 fully saturated rings.